The van der Waals surface area contributed by atoms with Gasteiger partial charge in [-0.3, -0.25) is 4.90 Å². The van der Waals surface area contributed by atoms with Crippen molar-refractivity contribution in [3.63, 3.8) is 0 Å². The van der Waals surface area contributed by atoms with Crippen LogP contribution in [0.4, 0.5) is 0 Å². The predicted octanol–water partition coefficient (Wildman–Crippen LogP) is 3.22. The Morgan fingerprint density at radius 3 is 1.60 bits per heavy atom. The normalized spacial score (nSPS) is 14.2. The zero-order valence-corrected chi connectivity index (χ0v) is 16.9. The van der Waals surface area contributed by atoms with Crippen LogP contribution in [-0.4, -0.2) is 73.4 Å². The molecule has 25 heavy (non-hydrogen) atoms. The summed E-state index contributed by atoms with van der Waals surface area (Å²) in [5, 5.41) is 20.4. The van der Waals surface area contributed by atoms with Crippen LogP contribution in [0.3, 0.4) is 0 Å². The number of hydrogen-bond acceptors (Lipinski definition) is 5. The number of hydrogen-bond donors (Lipinski definition) is 2. The van der Waals surface area contributed by atoms with Gasteiger partial charge in [0.2, 0.25) is 0 Å². The summed E-state index contributed by atoms with van der Waals surface area (Å²) in [5.74, 6) is 0. The van der Waals surface area contributed by atoms with Gasteiger partial charge in [0.15, 0.2) is 0 Å². The number of aliphatic hydroxyl groups excluding tert-OH is 2. The Balaban J connectivity index is 4.14. The highest BCUT2D eigenvalue weighted by Gasteiger charge is 2.16. The van der Waals surface area contributed by atoms with Gasteiger partial charge in [-0.2, -0.15) is 0 Å². The Morgan fingerprint density at radius 1 is 0.680 bits per heavy atom. The molecule has 0 saturated heterocycles. The Labute approximate surface area is 155 Å². The van der Waals surface area contributed by atoms with Crippen LogP contribution in [0.1, 0.15) is 72.1 Å². The minimum absolute atomic E-state index is 0.370. The molecule has 2 N–H and O–H groups in total. The Kier molecular flexibility index (Phi) is 18.4. The zero-order valence-electron chi connectivity index (χ0n) is 16.9. The molecule has 0 amide bonds. The first-order chi connectivity index (χ1) is 12.1. The van der Waals surface area contributed by atoms with E-state index in [1.54, 1.807) is 0 Å². The largest absolute Gasteiger partial charge is 0.389 e. The van der Waals surface area contributed by atoms with Crippen LogP contribution in [0.5, 0.6) is 0 Å². The van der Waals surface area contributed by atoms with Crippen LogP contribution in [0, 0.1) is 0 Å². The molecule has 0 rings (SSSR count). The van der Waals surface area contributed by atoms with Crippen molar-refractivity contribution in [2.45, 2.75) is 84.3 Å². The number of aliphatic hydroxyl groups is 2. The van der Waals surface area contributed by atoms with Crippen molar-refractivity contribution in [2.24, 2.45) is 0 Å². The molecule has 0 aromatic heterocycles. The van der Waals surface area contributed by atoms with Crippen molar-refractivity contribution in [1.29, 1.82) is 0 Å². The minimum Gasteiger partial charge on any atom is -0.389 e. The van der Waals surface area contributed by atoms with E-state index < -0.39 is 12.2 Å². The molecule has 0 bridgehead atoms. The minimum atomic E-state index is -0.503. The molecule has 152 valence electrons. The fraction of sp³-hybridized carbons (Fsp3) is 1.00. The van der Waals surface area contributed by atoms with Gasteiger partial charge in [-0.05, 0) is 25.8 Å². The molecule has 0 aromatic rings. The van der Waals surface area contributed by atoms with Crippen molar-refractivity contribution < 1.29 is 19.7 Å². The highest BCUT2D eigenvalue weighted by atomic mass is 16.5. The molecule has 5 heteroatoms. The third kappa shape index (κ3) is 17.0. The molecular formula is C20H43NO4. The number of rotatable bonds is 19. The van der Waals surface area contributed by atoms with E-state index in [4.69, 9.17) is 9.47 Å². The van der Waals surface area contributed by atoms with Crippen LogP contribution in [0.25, 0.3) is 0 Å². The molecule has 0 radical (unpaired) electrons. The lowest BCUT2D eigenvalue weighted by atomic mass is 10.2. The van der Waals surface area contributed by atoms with Crippen molar-refractivity contribution in [3.8, 4) is 0 Å². The summed E-state index contributed by atoms with van der Waals surface area (Å²) in [5.41, 5.74) is 0. The number of unbranched alkanes of at least 4 members (excludes halogenated alkanes) is 5. The number of nitrogens with zero attached hydrogens (tertiary/aromatic N) is 1. The standard InChI is InChI=1S/C20H43NO4/c1-4-7-10-11-12-21(15-19(22)17-24-13-8-5-2)16-20(23)18-25-14-9-6-3/h19-20,22-23H,4-18H2,1-3H3. The highest BCUT2D eigenvalue weighted by molar-refractivity contribution is 4.69. The van der Waals surface area contributed by atoms with Gasteiger partial charge in [-0.15, -0.1) is 0 Å². The molecule has 2 atom stereocenters. The van der Waals surface area contributed by atoms with Gasteiger partial charge in [0.05, 0.1) is 25.4 Å². The maximum Gasteiger partial charge on any atom is 0.0900 e. The smallest absolute Gasteiger partial charge is 0.0900 e. The van der Waals surface area contributed by atoms with Crippen LogP contribution in [0.2, 0.25) is 0 Å². The molecule has 0 aromatic carbocycles. The van der Waals surface area contributed by atoms with Crippen LogP contribution in [0.15, 0.2) is 0 Å². The lowest BCUT2D eigenvalue weighted by Crippen LogP contribution is -2.41. The SMILES string of the molecule is CCCCCCN(CC(O)COCCCC)CC(O)COCCCC. The van der Waals surface area contributed by atoms with Crippen molar-refractivity contribution in [1.82, 2.24) is 4.90 Å². The second kappa shape index (κ2) is 18.6. The summed E-state index contributed by atoms with van der Waals surface area (Å²) in [6.07, 6.45) is 7.99. The van der Waals surface area contributed by atoms with E-state index in [0.29, 0.717) is 39.5 Å². The van der Waals surface area contributed by atoms with Gasteiger partial charge in [-0.1, -0.05) is 52.9 Å². The van der Waals surface area contributed by atoms with Gasteiger partial charge in [0.1, 0.15) is 0 Å². The van der Waals surface area contributed by atoms with E-state index >= 15 is 0 Å². The van der Waals surface area contributed by atoms with Crippen molar-refractivity contribution >= 4 is 0 Å². The third-order valence-corrected chi connectivity index (χ3v) is 4.17. The lowest BCUT2D eigenvalue weighted by molar-refractivity contribution is -0.0110. The van der Waals surface area contributed by atoms with E-state index in [9.17, 15) is 10.2 Å². The Bertz CT molecular complexity index is 246. The quantitative estimate of drug-likeness (QED) is 0.346. The molecule has 0 heterocycles. The molecule has 2 unspecified atom stereocenters. The summed E-state index contributed by atoms with van der Waals surface area (Å²) >= 11 is 0. The second-order valence-corrected chi connectivity index (χ2v) is 6.98. The first-order valence-electron chi connectivity index (χ1n) is 10.4. The molecule has 0 spiro atoms. The van der Waals surface area contributed by atoms with Crippen LogP contribution < -0.4 is 0 Å². The molecule has 0 aliphatic rings. The zero-order chi connectivity index (χ0) is 18.8. The monoisotopic (exact) mass is 361 g/mol. The fourth-order valence-electron chi connectivity index (χ4n) is 2.65. The average molecular weight is 362 g/mol. The van der Waals surface area contributed by atoms with Crippen molar-refractivity contribution in [3.05, 3.63) is 0 Å². The maximum absolute atomic E-state index is 10.2. The Hall–Kier alpha value is -0.200. The maximum atomic E-state index is 10.2. The fourth-order valence-corrected chi connectivity index (χ4v) is 2.65. The van der Waals surface area contributed by atoms with E-state index in [1.807, 2.05) is 0 Å². The highest BCUT2D eigenvalue weighted by Crippen LogP contribution is 2.05. The van der Waals surface area contributed by atoms with E-state index in [0.717, 1.165) is 38.6 Å². The van der Waals surface area contributed by atoms with Gasteiger partial charge in [0.25, 0.3) is 0 Å². The number of ether oxygens (including phenoxy) is 2. The van der Waals surface area contributed by atoms with E-state index in [2.05, 4.69) is 25.7 Å². The molecular weight excluding hydrogens is 318 g/mol. The van der Waals surface area contributed by atoms with E-state index in [1.165, 1.54) is 19.3 Å². The molecule has 0 aliphatic carbocycles. The first kappa shape index (κ1) is 24.8. The van der Waals surface area contributed by atoms with Crippen molar-refractivity contribution in [2.75, 3.05) is 46.1 Å². The summed E-state index contributed by atoms with van der Waals surface area (Å²) in [6.45, 7) is 10.6. The third-order valence-electron chi connectivity index (χ3n) is 4.17. The molecule has 0 fully saturated rings. The average Bonchev–Trinajstić information content (AvgIpc) is 2.59. The summed E-state index contributed by atoms with van der Waals surface area (Å²) < 4.78 is 11.0. The lowest BCUT2D eigenvalue weighted by Gasteiger charge is -2.27. The predicted molar refractivity (Wildman–Crippen MR) is 104 cm³/mol. The van der Waals surface area contributed by atoms with E-state index in [-0.39, 0.29) is 0 Å². The molecule has 0 aliphatic heterocycles. The molecule has 5 nitrogen and oxygen atoms in total. The van der Waals surface area contributed by atoms with Gasteiger partial charge in [0, 0.05) is 26.3 Å². The topological polar surface area (TPSA) is 62.2 Å². The van der Waals surface area contributed by atoms with Crippen LogP contribution >= 0.6 is 0 Å². The molecule has 0 saturated carbocycles. The summed E-state index contributed by atoms with van der Waals surface area (Å²) in [6, 6.07) is 0. The van der Waals surface area contributed by atoms with Crippen LogP contribution in [-0.2, 0) is 9.47 Å². The van der Waals surface area contributed by atoms with Gasteiger partial charge in [-0.25, -0.2) is 0 Å². The Morgan fingerprint density at radius 2 is 1.16 bits per heavy atom. The summed E-state index contributed by atoms with van der Waals surface area (Å²) in [7, 11) is 0. The van der Waals surface area contributed by atoms with Gasteiger partial charge >= 0.3 is 0 Å². The first-order valence-corrected chi connectivity index (χ1v) is 10.4. The summed E-state index contributed by atoms with van der Waals surface area (Å²) in [4.78, 5) is 2.15. The second-order valence-electron chi connectivity index (χ2n) is 6.98. The van der Waals surface area contributed by atoms with Gasteiger partial charge < -0.3 is 19.7 Å².